The maximum Gasteiger partial charge on any atom is 0.316 e. The molecule has 0 saturated heterocycles. The lowest BCUT2D eigenvalue weighted by Gasteiger charge is -2.37. The average molecular weight is 367 g/mol. The van der Waals surface area contributed by atoms with Crippen molar-refractivity contribution in [2.75, 3.05) is 0 Å². The SMILES string of the molecule is CC(C)CCC(C1CCCCC1)C(C)C(C)C(=O)OC(=O)C(C)C(C)C. The first kappa shape index (κ1) is 23.2. The molecule has 3 nitrogen and oxygen atoms in total. The van der Waals surface area contributed by atoms with Gasteiger partial charge in [0.15, 0.2) is 0 Å². The summed E-state index contributed by atoms with van der Waals surface area (Å²) in [7, 11) is 0. The maximum absolute atomic E-state index is 12.6. The van der Waals surface area contributed by atoms with Gasteiger partial charge in [-0.25, -0.2) is 0 Å². The third-order valence-electron chi connectivity index (χ3n) is 6.74. The van der Waals surface area contributed by atoms with Crippen molar-refractivity contribution in [3.8, 4) is 0 Å². The molecule has 0 N–H and O–H groups in total. The number of carbonyl (C=O) groups is 2. The van der Waals surface area contributed by atoms with E-state index in [1.165, 1.54) is 44.9 Å². The zero-order valence-electron chi connectivity index (χ0n) is 18.2. The Bertz CT molecular complexity index is 435. The first-order valence-electron chi connectivity index (χ1n) is 10.9. The monoisotopic (exact) mass is 366 g/mol. The topological polar surface area (TPSA) is 43.4 Å². The molecular weight excluding hydrogens is 324 g/mol. The van der Waals surface area contributed by atoms with E-state index >= 15 is 0 Å². The molecule has 1 fully saturated rings. The summed E-state index contributed by atoms with van der Waals surface area (Å²) < 4.78 is 5.24. The van der Waals surface area contributed by atoms with E-state index in [1.807, 2.05) is 27.7 Å². The summed E-state index contributed by atoms with van der Waals surface area (Å²) in [6.07, 6.45) is 8.95. The first-order chi connectivity index (χ1) is 12.1. The van der Waals surface area contributed by atoms with Crippen molar-refractivity contribution in [2.45, 2.75) is 93.4 Å². The zero-order chi connectivity index (χ0) is 19.9. The quantitative estimate of drug-likeness (QED) is 0.357. The number of carbonyl (C=O) groups excluding carboxylic acids is 2. The number of ether oxygens (including phenoxy) is 1. The molecule has 0 amide bonds. The molecule has 4 atom stereocenters. The van der Waals surface area contributed by atoms with E-state index in [0.717, 1.165) is 5.92 Å². The molecule has 0 aromatic carbocycles. The van der Waals surface area contributed by atoms with Crippen LogP contribution in [0.1, 0.15) is 93.4 Å². The molecule has 26 heavy (non-hydrogen) atoms. The van der Waals surface area contributed by atoms with Gasteiger partial charge in [-0.3, -0.25) is 9.59 Å². The Hall–Kier alpha value is -0.860. The molecule has 0 bridgehead atoms. The lowest BCUT2D eigenvalue weighted by atomic mass is 9.69. The molecule has 0 aromatic rings. The van der Waals surface area contributed by atoms with Crippen molar-refractivity contribution in [3.63, 3.8) is 0 Å². The van der Waals surface area contributed by atoms with Gasteiger partial charge in [0.05, 0.1) is 11.8 Å². The lowest BCUT2D eigenvalue weighted by molar-refractivity contribution is -0.167. The molecule has 152 valence electrons. The fourth-order valence-corrected chi connectivity index (χ4v) is 4.16. The van der Waals surface area contributed by atoms with Gasteiger partial charge in [-0.15, -0.1) is 0 Å². The summed E-state index contributed by atoms with van der Waals surface area (Å²) in [5, 5.41) is 0. The van der Waals surface area contributed by atoms with Crippen molar-refractivity contribution in [1.82, 2.24) is 0 Å². The minimum Gasteiger partial charge on any atom is -0.393 e. The second-order valence-corrected chi connectivity index (χ2v) is 9.45. The number of hydrogen-bond donors (Lipinski definition) is 0. The van der Waals surface area contributed by atoms with Crippen LogP contribution in [0, 0.1) is 41.4 Å². The van der Waals surface area contributed by atoms with Crippen molar-refractivity contribution in [2.24, 2.45) is 41.4 Å². The molecule has 1 saturated carbocycles. The molecule has 1 rings (SSSR count). The van der Waals surface area contributed by atoms with Crippen LogP contribution in [0.2, 0.25) is 0 Å². The second-order valence-electron chi connectivity index (χ2n) is 9.45. The second kappa shape index (κ2) is 11.1. The molecule has 3 heteroatoms. The third kappa shape index (κ3) is 7.04. The molecule has 1 aliphatic carbocycles. The Balaban J connectivity index is 2.75. The van der Waals surface area contributed by atoms with Gasteiger partial charge < -0.3 is 4.74 Å². The van der Waals surface area contributed by atoms with Crippen molar-refractivity contribution in [3.05, 3.63) is 0 Å². The lowest BCUT2D eigenvalue weighted by Crippen LogP contribution is -2.34. The summed E-state index contributed by atoms with van der Waals surface area (Å²) in [4.78, 5) is 24.8. The van der Waals surface area contributed by atoms with E-state index < -0.39 is 0 Å². The molecule has 0 spiro atoms. The van der Waals surface area contributed by atoms with Gasteiger partial charge in [0.25, 0.3) is 0 Å². The average Bonchev–Trinajstić information content (AvgIpc) is 2.60. The van der Waals surface area contributed by atoms with Crippen molar-refractivity contribution >= 4 is 11.9 Å². The highest BCUT2D eigenvalue weighted by Crippen LogP contribution is 2.40. The molecule has 0 aromatic heterocycles. The molecular formula is C23H42O3. The van der Waals surface area contributed by atoms with E-state index in [-0.39, 0.29) is 35.6 Å². The van der Waals surface area contributed by atoms with Crippen molar-refractivity contribution in [1.29, 1.82) is 0 Å². The van der Waals surface area contributed by atoms with Crippen LogP contribution in [0.4, 0.5) is 0 Å². The molecule has 0 aliphatic heterocycles. The van der Waals surface area contributed by atoms with Crippen LogP contribution in [0.15, 0.2) is 0 Å². The van der Waals surface area contributed by atoms with Gasteiger partial charge in [0.2, 0.25) is 0 Å². The predicted molar refractivity (Wildman–Crippen MR) is 108 cm³/mol. The largest absolute Gasteiger partial charge is 0.393 e. The minimum atomic E-state index is -0.375. The normalized spacial score (nSPS) is 20.7. The summed E-state index contributed by atoms with van der Waals surface area (Å²) in [5.41, 5.74) is 0. The molecule has 4 unspecified atom stereocenters. The molecule has 0 heterocycles. The summed E-state index contributed by atoms with van der Waals surface area (Å²) in [6.45, 7) is 14.5. The molecule has 1 aliphatic rings. The smallest absolute Gasteiger partial charge is 0.316 e. The van der Waals surface area contributed by atoms with E-state index in [2.05, 4.69) is 20.8 Å². The standard InChI is InChI=1S/C23H42O3/c1-15(2)13-14-21(20-11-9-8-10-12-20)18(6)19(7)23(25)26-22(24)17(5)16(3)4/h15-21H,8-14H2,1-7H3. The van der Waals surface area contributed by atoms with Crippen LogP contribution in [0.25, 0.3) is 0 Å². The third-order valence-corrected chi connectivity index (χ3v) is 6.74. The van der Waals surface area contributed by atoms with E-state index in [0.29, 0.717) is 11.8 Å². The van der Waals surface area contributed by atoms with Gasteiger partial charge in [0.1, 0.15) is 0 Å². The van der Waals surface area contributed by atoms with Crippen LogP contribution in [0.3, 0.4) is 0 Å². The minimum absolute atomic E-state index is 0.184. The number of esters is 2. The Morgan fingerprint density at radius 3 is 1.85 bits per heavy atom. The van der Waals surface area contributed by atoms with E-state index in [1.54, 1.807) is 0 Å². The maximum atomic E-state index is 12.6. The fraction of sp³-hybridized carbons (Fsp3) is 0.913. The summed E-state index contributed by atoms with van der Waals surface area (Å²) >= 11 is 0. The van der Waals surface area contributed by atoms with Crippen LogP contribution >= 0.6 is 0 Å². The first-order valence-corrected chi connectivity index (χ1v) is 10.9. The van der Waals surface area contributed by atoms with Gasteiger partial charge in [-0.1, -0.05) is 87.0 Å². The highest BCUT2D eigenvalue weighted by molar-refractivity contribution is 5.87. The summed E-state index contributed by atoms with van der Waals surface area (Å²) in [5.74, 6) is 1.23. The van der Waals surface area contributed by atoms with Crippen LogP contribution in [-0.2, 0) is 14.3 Å². The van der Waals surface area contributed by atoms with Crippen molar-refractivity contribution < 1.29 is 14.3 Å². The van der Waals surface area contributed by atoms with Crippen LogP contribution < -0.4 is 0 Å². The number of hydrogen-bond acceptors (Lipinski definition) is 3. The van der Waals surface area contributed by atoms with E-state index in [9.17, 15) is 9.59 Å². The Morgan fingerprint density at radius 1 is 0.808 bits per heavy atom. The van der Waals surface area contributed by atoms with Gasteiger partial charge in [-0.05, 0) is 36.0 Å². The highest BCUT2D eigenvalue weighted by atomic mass is 16.6. The Labute approximate surface area is 161 Å². The Morgan fingerprint density at radius 2 is 1.35 bits per heavy atom. The molecule has 0 radical (unpaired) electrons. The summed E-state index contributed by atoms with van der Waals surface area (Å²) in [6, 6.07) is 0. The van der Waals surface area contributed by atoms with Crippen LogP contribution in [-0.4, -0.2) is 11.9 Å². The van der Waals surface area contributed by atoms with Gasteiger partial charge in [0, 0.05) is 0 Å². The predicted octanol–water partition coefficient (Wildman–Crippen LogP) is 6.25. The zero-order valence-corrected chi connectivity index (χ0v) is 18.2. The van der Waals surface area contributed by atoms with Gasteiger partial charge >= 0.3 is 11.9 Å². The van der Waals surface area contributed by atoms with E-state index in [4.69, 9.17) is 4.74 Å². The fourth-order valence-electron chi connectivity index (χ4n) is 4.16. The number of rotatable bonds is 9. The van der Waals surface area contributed by atoms with Gasteiger partial charge in [-0.2, -0.15) is 0 Å². The Kier molecular flexibility index (Phi) is 9.89. The van der Waals surface area contributed by atoms with Crippen LogP contribution in [0.5, 0.6) is 0 Å². The highest BCUT2D eigenvalue weighted by Gasteiger charge is 2.35.